The number of hydrogen-bond acceptors (Lipinski definition) is 8. The Morgan fingerprint density at radius 3 is 2.94 bits per heavy atom. The molecule has 0 unspecified atom stereocenters. The first kappa shape index (κ1) is 21.4. The second-order valence-electron chi connectivity index (χ2n) is 6.97. The molecule has 1 aliphatic rings. The number of fused-ring (bicyclic) bond motifs is 1. The molecule has 0 saturated carbocycles. The second kappa shape index (κ2) is 9.99. The predicted octanol–water partition coefficient (Wildman–Crippen LogP) is 4.34. The highest BCUT2D eigenvalue weighted by Gasteiger charge is 2.16. The number of nitrogens with zero attached hydrogens (tertiary/aromatic N) is 3. The lowest BCUT2D eigenvalue weighted by atomic mass is 10.2. The number of carbonyl (C=O) groups is 1. The normalized spacial score (nSPS) is 16.2. The van der Waals surface area contributed by atoms with Gasteiger partial charge in [-0.15, -0.1) is 11.3 Å². The van der Waals surface area contributed by atoms with Gasteiger partial charge in [0.25, 0.3) is 5.69 Å². The molecular weight excluding hydrogens is 436 g/mol. The van der Waals surface area contributed by atoms with E-state index in [1.54, 1.807) is 18.3 Å². The second-order valence-corrected chi connectivity index (χ2v) is 9.22. The molecule has 0 aliphatic carbocycles. The smallest absolute Gasteiger partial charge is 0.269 e. The standard InChI is InChI=1S/C21H20N4O4S2/c26-20(23-12-17-2-1-9-29-17)13-30-21-24-18-8-5-15(10-19(18)31-21)22-11-14-3-6-16(7-4-14)25(27)28/h3-8,10-11,17H,1-2,9,12-13H2,(H,23,26)/t17-/m0/s1. The SMILES string of the molecule is O=C(CSc1nc2ccc(N=Cc3ccc([N+](=O)[O-])cc3)cc2s1)NC[C@@H]1CCCO1. The Morgan fingerprint density at radius 2 is 2.19 bits per heavy atom. The molecule has 0 radical (unpaired) electrons. The van der Waals surface area contributed by atoms with Gasteiger partial charge in [0, 0.05) is 31.5 Å². The van der Waals surface area contributed by atoms with Crippen LogP contribution in [0.15, 0.2) is 51.8 Å². The molecule has 1 atom stereocenters. The molecule has 2 aromatic carbocycles. The number of rotatable bonds is 8. The van der Waals surface area contributed by atoms with E-state index in [1.165, 1.54) is 35.2 Å². The molecule has 1 aliphatic heterocycles. The van der Waals surface area contributed by atoms with Crippen molar-refractivity contribution in [3.05, 3.63) is 58.1 Å². The van der Waals surface area contributed by atoms with Crippen LogP contribution in [0.2, 0.25) is 0 Å². The number of non-ortho nitro benzene ring substituents is 1. The molecule has 1 saturated heterocycles. The number of nitrogens with one attached hydrogen (secondary N) is 1. The van der Waals surface area contributed by atoms with Crippen LogP contribution in [0.4, 0.5) is 11.4 Å². The predicted molar refractivity (Wildman–Crippen MR) is 123 cm³/mol. The van der Waals surface area contributed by atoms with Gasteiger partial charge in [-0.1, -0.05) is 11.8 Å². The molecule has 1 aromatic heterocycles. The Morgan fingerprint density at radius 1 is 1.35 bits per heavy atom. The number of hydrogen-bond donors (Lipinski definition) is 1. The van der Waals surface area contributed by atoms with Crippen molar-refractivity contribution in [3.8, 4) is 0 Å². The van der Waals surface area contributed by atoms with Gasteiger partial charge in [-0.05, 0) is 48.7 Å². The van der Waals surface area contributed by atoms with Gasteiger partial charge in [-0.2, -0.15) is 0 Å². The van der Waals surface area contributed by atoms with Crippen molar-refractivity contribution in [1.82, 2.24) is 10.3 Å². The number of aliphatic imine (C=N–C) groups is 1. The van der Waals surface area contributed by atoms with Gasteiger partial charge in [0.2, 0.25) is 5.91 Å². The monoisotopic (exact) mass is 456 g/mol. The Bertz CT molecular complexity index is 1110. The Hall–Kier alpha value is -2.82. The summed E-state index contributed by atoms with van der Waals surface area (Å²) in [5, 5.41) is 13.6. The number of nitro groups is 1. The minimum Gasteiger partial charge on any atom is -0.376 e. The van der Waals surface area contributed by atoms with Gasteiger partial charge in [0.05, 0.1) is 32.7 Å². The van der Waals surface area contributed by atoms with E-state index in [0.29, 0.717) is 12.3 Å². The van der Waals surface area contributed by atoms with Crippen LogP contribution in [-0.4, -0.2) is 47.0 Å². The van der Waals surface area contributed by atoms with Crippen molar-refractivity contribution in [1.29, 1.82) is 0 Å². The summed E-state index contributed by atoms with van der Waals surface area (Å²) in [7, 11) is 0. The van der Waals surface area contributed by atoms with E-state index in [4.69, 9.17) is 4.74 Å². The Balaban J connectivity index is 1.34. The van der Waals surface area contributed by atoms with Gasteiger partial charge in [0.15, 0.2) is 4.34 Å². The van der Waals surface area contributed by atoms with Gasteiger partial charge in [-0.25, -0.2) is 4.98 Å². The maximum Gasteiger partial charge on any atom is 0.269 e. The zero-order chi connectivity index (χ0) is 21.6. The van der Waals surface area contributed by atoms with E-state index in [-0.39, 0.29) is 17.7 Å². The molecule has 31 heavy (non-hydrogen) atoms. The highest BCUT2D eigenvalue weighted by molar-refractivity contribution is 8.01. The highest BCUT2D eigenvalue weighted by Crippen LogP contribution is 2.32. The lowest BCUT2D eigenvalue weighted by Crippen LogP contribution is -2.32. The molecule has 8 nitrogen and oxygen atoms in total. The van der Waals surface area contributed by atoms with Crippen molar-refractivity contribution >= 4 is 56.8 Å². The topological polar surface area (TPSA) is 107 Å². The Kier molecular flexibility index (Phi) is 6.90. The first-order valence-corrected chi connectivity index (χ1v) is 11.6. The number of ether oxygens (including phenoxy) is 1. The summed E-state index contributed by atoms with van der Waals surface area (Å²) < 4.78 is 7.33. The average Bonchev–Trinajstić information content (AvgIpc) is 3.44. The van der Waals surface area contributed by atoms with Gasteiger partial charge in [-0.3, -0.25) is 19.9 Å². The van der Waals surface area contributed by atoms with Crippen molar-refractivity contribution < 1.29 is 14.5 Å². The summed E-state index contributed by atoms with van der Waals surface area (Å²) in [5.74, 6) is 0.297. The largest absolute Gasteiger partial charge is 0.376 e. The molecule has 10 heteroatoms. The summed E-state index contributed by atoms with van der Waals surface area (Å²) in [4.78, 5) is 31.4. The summed E-state index contributed by atoms with van der Waals surface area (Å²) in [5.41, 5.74) is 2.45. The molecule has 4 rings (SSSR count). The van der Waals surface area contributed by atoms with Crippen LogP contribution in [0.3, 0.4) is 0 Å². The Labute approximate surface area is 186 Å². The van der Waals surface area contributed by atoms with Crippen molar-refractivity contribution in [2.75, 3.05) is 18.9 Å². The van der Waals surface area contributed by atoms with E-state index < -0.39 is 4.92 Å². The van der Waals surface area contributed by atoms with E-state index >= 15 is 0 Å². The van der Waals surface area contributed by atoms with Crippen LogP contribution >= 0.6 is 23.1 Å². The van der Waals surface area contributed by atoms with E-state index in [9.17, 15) is 14.9 Å². The number of thiazole rings is 1. The third kappa shape index (κ3) is 5.87. The van der Waals surface area contributed by atoms with Crippen LogP contribution < -0.4 is 5.32 Å². The van der Waals surface area contributed by atoms with Gasteiger partial charge >= 0.3 is 0 Å². The fourth-order valence-electron chi connectivity index (χ4n) is 3.08. The van der Waals surface area contributed by atoms with Crippen molar-refractivity contribution in [2.45, 2.75) is 23.3 Å². The molecule has 1 N–H and O–H groups in total. The van der Waals surface area contributed by atoms with E-state index in [0.717, 1.165) is 45.3 Å². The summed E-state index contributed by atoms with van der Waals surface area (Å²) in [6, 6.07) is 11.9. The molecular formula is C21H20N4O4S2. The lowest BCUT2D eigenvalue weighted by Gasteiger charge is -2.09. The number of thioether (sulfide) groups is 1. The number of benzene rings is 2. The van der Waals surface area contributed by atoms with Crippen molar-refractivity contribution in [2.24, 2.45) is 4.99 Å². The quantitative estimate of drug-likeness (QED) is 0.234. The molecule has 2 heterocycles. The third-order valence-electron chi connectivity index (χ3n) is 4.70. The number of amides is 1. The van der Waals surface area contributed by atoms with Crippen LogP contribution in [0.1, 0.15) is 18.4 Å². The first-order valence-electron chi connectivity index (χ1n) is 9.77. The summed E-state index contributed by atoms with van der Waals surface area (Å²) in [6.07, 6.45) is 3.86. The molecule has 160 valence electrons. The zero-order valence-electron chi connectivity index (χ0n) is 16.5. The maximum absolute atomic E-state index is 12.1. The van der Waals surface area contributed by atoms with Crippen LogP contribution in [0, 0.1) is 10.1 Å². The molecule has 0 spiro atoms. The van der Waals surface area contributed by atoms with Gasteiger partial charge in [0.1, 0.15) is 0 Å². The van der Waals surface area contributed by atoms with Gasteiger partial charge < -0.3 is 10.1 Å². The van der Waals surface area contributed by atoms with Crippen molar-refractivity contribution in [3.63, 3.8) is 0 Å². The number of aromatic nitrogens is 1. The van der Waals surface area contributed by atoms with E-state index in [1.807, 2.05) is 18.2 Å². The van der Waals surface area contributed by atoms with Crippen LogP contribution in [-0.2, 0) is 9.53 Å². The number of nitro benzene ring substituents is 1. The first-order chi connectivity index (χ1) is 15.1. The minimum atomic E-state index is -0.429. The average molecular weight is 457 g/mol. The maximum atomic E-state index is 12.1. The lowest BCUT2D eigenvalue weighted by molar-refractivity contribution is -0.384. The third-order valence-corrected chi connectivity index (χ3v) is 6.86. The highest BCUT2D eigenvalue weighted by atomic mass is 32.2. The van der Waals surface area contributed by atoms with Crippen LogP contribution in [0.25, 0.3) is 10.2 Å². The summed E-state index contributed by atoms with van der Waals surface area (Å²) >= 11 is 2.94. The zero-order valence-corrected chi connectivity index (χ0v) is 18.2. The number of carbonyl (C=O) groups excluding carboxylic acids is 1. The molecule has 1 fully saturated rings. The molecule has 3 aromatic rings. The minimum absolute atomic E-state index is 0.0202. The fraction of sp³-hybridized carbons (Fsp3) is 0.286. The molecule has 0 bridgehead atoms. The fourth-order valence-corrected chi connectivity index (χ4v) is 5.01. The van der Waals surface area contributed by atoms with Crippen LogP contribution in [0.5, 0.6) is 0 Å². The molecule has 1 amide bonds. The summed E-state index contributed by atoms with van der Waals surface area (Å²) in [6.45, 7) is 1.34. The van der Waals surface area contributed by atoms with E-state index in [2.05, 4.69) is 15.3 Å².